The van der Waals surface area contributed by atoms with Gasteiger partial charge >= 0.3 is 0 Å². The van der Waals surface area contributed by atoms with Gasteiger partial charge in [-0.2, -0.15) is 0 Å². The van der Waals surface area contributed by atoms with Crippen LogP contribution in [0.5, 0.6) is 0 Å². The van der Waals surface area contributed by atoms with E-state index in [0.717, 1.165) is 0 Å². The maximum absolute atomic E-state index is 0. The Balaban J connectivity index is 0. The number of hydrogen-bond acceptors (Lipinski definition) is 0. The van der Waals surface area contributed by atoms with Crippen LogP contribution in [0.15, 0.2) is 0 Å². The largest absolute Gasteiger partial charge is 0 e. The molecular weight excluding hydrogens is 244 g/mol. The van der Waals surface area contributed by atoms with E-state index in [2.05, 4.69) is 0 Å². The molecule has 27 valence electrons. The van der Waals surface area contributed by atoms with Crippen LogP contribution in [0.25, 0.3) is 0 Å². The first kappa shape index (κ1) is 36.3. The van der Waals surface area contributed by atoms with Crippen LogP contribution in [0.4, 0.5) is 0 Å². The molecule has 4 heavy (non-hydrogen) atoms. The molecule has 0 aromatic carbocycles. The van der Waals surface area contributed by atoms with Gasteiger partial charge in [0.2, 0.25) is 0 Å². The zero-order valence-corrected chi connectivity index (χ0v) is 6.80. The van der Waals surface area contributed by atoms with Crippen molar-refractivity contribution >= 4 is 17.1 Å². The first-order valence-corrected chi connectivity index (χ1v) is 0. The summed E-state index contributed by atoms with van der Waals surface area (Å²) in [6.45, 7) is 0. The molecule has 0 aliphatic heterocycles. The summed E-state index contributed by atoms with van der Waals surface area (Å²) in [5.41, 5.74) is 0. The first-order chi connectivity index (χ1) is 0. The van der Waals surface area contributed by atoms with Crippen molar-refractivity contribution in [1.29, 1.82) is 0 Å². The van der Waals surface area contributed by atoms with Gasteiger partial charge in [-0.1, -0.05) is 0 Å². The van der Waals surface area contributed by atoms with Gasteiger partial charge in [0, 0.05) is 68.3 Å². The second-order valence-corrected chi connectivity index (χ2v) is 0. The third kappa shape index (κ3) is 8.95. The Morgan fingerprint density at radius 3 is 0.500 bits per heavy atom. The van der Waals surface area contributed by atoms with Crippen LogP contribution in [-0.2, 0) is 51.2 Å². The predicted octanol–water partition coefficient (Wildman–Crippen LogP) is -0.388. The molecule has 0 heterocycles. The van der Waals surface area contributed by atoms with Crippen molar-refractivity contribution in [2.24, 2.45) is 0 Å². The molecule has 0 spiro atoms. The Hall–Kier alpha value is 2.08. The molecule has 0 nitrogen and oxygen atoms in total. The predicted molar refractivity (Wildman–Crippen MR) is 5.75 cm³/mol. The Labute approximate surface area is 67.8 Å². The molecular formula is Mn3Se. The van der Waals surface area contributed by atoms with E-state index >= 15 is 0 Å². The molecule has 0 fully saturated rings. The second kappa shape index (κ2) is 19.6. The van der Waals surface area contributed by atoms with E-state index in [9.17, 15) is 0 Å². The van der Waals surface area contributed by atoms with Crippen molar-refractivity contribution in [2.45, 2.75) is 0 Å². The molecule has 4 heteroatoms. The van der Waals surface area contributed by atoms with Crippen LogP contribution in [0, 0.1) is 0 Å². The minimum atomic E-state index is 0. The average Bonchev–Trinajstić information content (AvgIpc) is 0. The van der Waals surface area contributed by atoms with Crippen molar-refractivity contribution in [3.05, 3.63) is 0 Å². The van der Waals surface area contributed by atoms with E-state index in [0.29, 0.717) is 0 Å². The Bertz CT molecular complexity index is 3.25. The van der Waals surface area contributed by atoms with E-state index in [4.69, 9.17) is 0 Å². The molecule has 0 unspecified atom stereocenters. The van der Waals surface area contributed by atoms with Gasteiger partial charge in [0.25, 0.3) is 0 Å². The monoisotopic (exact) mass is 245 g/mol. The molecule has 0 saturated carbocycles. The molecule has 0 atom stereocenters. The molecule has 0 rings (SSSR count). The molecule has 0 bridgehead atoms. The Kier molecular flexibility index (Phi) is 177. The van der Waals surface area contributed by atoms with Crippen LogP contribution < -0.4 is 0 Å². The van der Waals surface area contributed by atoms with Gasteiger partial charge in [-0.15, -0.1) is 0 Å². The summed E-state index contributed by atoms with van der Waals surface area (Å²) in [5, 5.41) is 0. The number of hydrogen-bond donors (Lipinski definition) is 0. The molecule has 0 saturated heterocycles. The van der Waals surface area contributed by atoms with Crippen LogP contribution in [0.1, 0.15) is 0 Å². The topological polar surface area (TPSA) is 0 Å². The molecule has 0 N–H and O–H groups in total. The zero-order chi connectivity index (χ0) is 0. The SMILES string of the molecule is [Mn].[Mn].[Mn].[Se]. The van der Waals surface area contributed by atoms with Crippen LogP contribution in [0.3, 0.4) is 0 Å². The summed E-state index contributed by atoms with van der Waals surface area (Å²) >= 11 is 0. The van der Waals surface area contributed by atoms with Crippen LogP contribution in [0.2, 0.25) is 0 Å². The van der Waals surface area contributed by atoms with Gasteiger partial charge in [-0.3, -0.25) is 0 Å². The standard InChI is InChI=1S/3Mn.Se. The van der Waals surface area contributed by atoms with E-state index in [1.54, 1.807) is 0 Å². The van der Waals surface area contributed by atoms with Crippen LogP contribution in [-0.4, -0.2) is 17.1 Å². The fourth-order valence-corrected chi connectivity index (χ4v) is 0. The summed E-state index contributed by atoms with van der Waals surface area (Å²) in [7, 11) is 0. The molecule has 5 radical (unpaired) electrons. The fraction of sp³-hybridized carbons (Fsp3) is 0. The average molecular weight is 244 g/mol. The molecule has 0 aliphatic carbocycles. The molecule has 0 aromatic rings. The smallest absolute Gasteiger partial charge is 0 e. The number of rotatable bonds is 0. The van der Waals surface area contributed by atoms with Crippen molar-refractivity contribution in [2.75, 3.05) is 0 Å². The Morgan fingerprint density at radius 1 is 0.500 bits per heavy atom. The summed E-state index contributed by atoms with van der Waals surface area (Å²) in [4.78, 5) is 0. The Morgan fingerprint density at radius 2 is 0.500 bits per heavy atom. The summed E-state index contributed by atoms with van der Waals surface area (Å²) in [6, 6.07) is 0. The summed E-state index contributed by atoms with van der Waals surface area (Å²) < 4.78 is 0. The maximum Gasteiger partial charge on any atom is 0 e. The second-order valence-electron chi connectivity index (χ2n) is 0. The van der Waals surface area contributed by atoms with Crippen molar-refractivity contribution < 1.29 is 51.2 Å². The van der Waals surface area contributed by atoms with Gasteiger partial charge in [0.1, 0.15) is 0 Å². The third-order valence-corrected chi connectivity index (χ3v) is 0. The van der Waals surface area contributed by atoms with Gasteiger partial charge in [0.15, 0.2) is 0 Å². The minimum absolute atomic E-state index is 0. The van der Waals surface area contributed by atoms with Gasteiger partial charge in [0.05, 0.1) is 0 Å². The van der Waals surface area contributed by atoms with E-state index in [-0.39, 0.29) is 68.3 Å². The maximum atomic E-state index is 0. The van der Waals surface area contributed by atoms with E-state index in [1.807, 2.05) is 0 Å². The van der Waals surface area contributed by atoms with Crippen molar-refractivity contribution in [3.8, 4) is 0 Å². The quantitative estimate of drug-likeness (QED) is 0.509. The van der Waals surface area contributed by atoms with E-state index in [1.165, 1.54) is 0 Å². The fourth-order valence-electron chi connectivity index (χ4n) is 0. The van der Waals surface area contributed by atoms with Gasteiger partial charge in [-0.05, 0) is 0 Å². The van der Waals surface area contributed by atoms with E-state index < -0.39 is 0 Å². The summed E-state index contributed by atoms with van der Waals surface area (Å²) in [6.07, 6.45) is 0. The molecule has 0 aromatic heterocycles. The molecule has 0 amide bonds. The normalized spacial score (nSPS) is 0. The zero-order valence-electron chi connectivity index (χ0n) is 1.54. The minimum Gasteiger partial charge on any atom is 0 e. The molecule has 0 aliphatic rings. The van der Waals surface area contributed by atoms with Gasteiger partial charge in [-0.25, -0.2) is 0 Å². The van der Waals surface area contributed by atoms with Crippen molar-refractivity contribution in [1.82, 2.24) is 0 Å². The third-order valence-electron chi connectivity index (χ3n) is 0. The van der Waals surface area contributed by atoms with Crippen molar-refractivity contribution in [3.63, 3.8) is 0 Å². The summed E-state index contributed by atoms with van der Waals surface area (Å²) in [5.74, 6) is 0. The van der Waals surface area contributed by atoms with Crippen LogP contribution >= 0.6 is 0 Å². The first-order valence-electron chi connectivity index (χ1n) is 0. The van der Waals surface area contributed by atoms with Gasteiger partial charge < -0.3 is 0 Å².